The predicted molar refractivity (Wildman–Crippen MR) is 182 cm³/mol. The SMILES string of the molecule is OCCOCCOCCOCCOCCOCCOCCOCCOCCOCCOCCOCCOCCC(F)(F)C(F)(F)C(F)(F)C(F)(F)C(F)(F)C(F)(F)C(F)(F)C(F)(F)F. The second kappa shape index (κ2) is 31.4. The third kappa shape index (κ3) is 20.7. The lowest BCUT2D eigenvalue weighted by Gasteiger charge is -2.42. The van der Waals surface area contributed by atoms with Gasteiger partial charge in [0.2, 0.25) is 0 Å². The van der Waals surface area contributed by atoms with Crippen LogP contribution in [0.1, 0.15) is 6.42 Å². The van der Waals surface area contributed by atoms with Gasteiger partial charge in [-0.1, -0.05) is 0 Å². The fourth-order valence-corrected chi connectivity index (χ4v) is 4.14. The molecule has 0 amide bonds. The maximum Gasteiger partial charge on any atom is 0.460 e. The maximum atomic E-state index is 13.9. The van der Waals surface area contributed by atoms with Crippen LogP contribution >= 0.6 is 0 Å². The molecule has 0 rings (SSSR count). The van der Waals surface area contributed by atoms with Crippen molar-refractivity contribution < 1.29 is 137 Å². The molecule has 0 aromatic carbocycles. The van der Waals surface area contributed by atoms with Gasteiger partial charge < -0.3 is 61.9 Å². The lowest BCUT2D eigenvalue weighted by atomic mass is 9.88. The van der Waals surface area contributed by atoms with Crippen molar-refractivity contribution in [2.75, 3.05) is 165 Å². The highest BCUT2D eigenvalue weighted by Gasteiger charge is 2.95. The van der Waals surface area contributed by atoms with Crippen LogP contribution in [0.5, 0.6) is 0 Å². The van der Waals surface area contributed by atoms with E-state index in [1.54, 1.807) is 0 Å². The zero-order valence-electron chi connectivity index (χ0n) is 34.2. The van der Waals surface area contributed by atoms with Crippen molar-refractivity contribution >= 4 is 0 Å². The standard InChI is InChI=1S/C34H53F17O13/c35-27(36,28(37,38)29(39,40)30(41,42)31(43,44)32(45,46)33(47,48)34(49,50)51)1-3-53-5-7-55-9-11-57-13-15-59-17-19-61-21-23-63-25-26-64-24-22-62-20-18-60-16-14-58-12-10-56-8-6-54-4-2-52/h52H,1-26H2. The summed E-state index contributed by atoms with van der Waals surface area (Å²) in [6.45, 7) is 2.98. The number of alkyl halides is 17. The molecular formula is C34H53F17O13. The molecule has 0 aliphatic carbocycles. The van der Waals surface area contributed by atoms with Crippen LogP contribution in [0.2, 0.25) is 0 Å². The second-order valence-electron chi connectivity index (χ2n) is 12.5. The van der Waals surface area contributed by atoms with Crippen molar-refractivity contribution in [2.24, 2.45) is 0 Å². The number of aliphatic hydroxyl groups excluding tert-OH is 1. The Hall–Kier alpha value is -1.71. The van der Waals surface area contributed by atoms with Crippen molar-refractivity contribution in [3.63, 3.8) is 0 Å². The third-order valence-corrected chi connectivity index (χ3v) is 7.68. The summed E-state index contributed by atoms with van der Waals surface area (Å²) < 4.78 is 289. The van der Waals surface area contributed by atoms with Gasteiger partial charge in [0.15, 0.2) is 0 Å². The summed E-state index contributed by atoms with van der Waals surface area (Å²) in [5.41, 5.74) is 0. The quantitative estimate of drug-likeness (QED) is 0.0604. The first-order chi connectivity index (χ1) is 29.8. The summed E-state index contributed by atoms with van der Waals surface area (Å²) in [6, 6.07) is 0. The summed E-state index contributed by atoms with van der Waals surface area (Å²) in [5, 5.41) is 8.57. The molecule has 30 heteroatoms. The summed E-state index contributed by atoms with van der Waals surface area (Å²) in [5.74, 6) is -56.6. The van der Waals surface area contributed by atoms with Crippen molar-refractivity contribution in [3.8, 4) is 0 Å². The predicted octanol–water partition coefficient (Wildman–Crippen LogP) is 5.58. The van der Waals surface area contributed by atoms with E-state index in [4.69, 9.17) is 57.2 Å². The van der Waals surface area contributed by atoms with Crippen LogP contribution in [0.25, 0.3) is 0 Å². The topological polar surface area (TPSA) is 131 Å². The van der Waals surface area contributed by atoms with E-state index in [2.05, 4.69) is 4.74 Å². The van der Waals surface area contributed by atoms with E-state index < -0.39 is 73.9 Å². The van der Waals surface area contributed by atoms with Crippen molar-refractivity contribution in [3.05, 3.63) is 0 Å². The van der Waals surface area contributed by atoms with E-state index in [0.29, 0.717) is 85.9 Å². The monoisotopic (exact) mass is 992 g/mol. The number of aliphatic hydroxyl groups is 1. The highest BCUT2D eigenvalue weighted by molar-refractivity contribution is 5.15. The Bertz CT molecular complexity index is 1160. The van der Waals surface area contributed by atoms with Gasteiger partial charge in [-0.05, 0) is 0 Å². The minimum Gasteiger partial charge on any atom is -0.394 e. The van der Waals surface area contributed by atoms with Gasteiger partial charge in [0.1, 0.15) is 0 Å². The number of halogens is 17. The van der Waals surface area contributed by atoms with Crippen LogP contribution in [0, 0.1) is 0 Å². The second-order valence-corrected chi connectivity index (χ2v) is 12.5. The van der Waals surface area contributed by atoms with Gasteiger partial charge in [0.05, 0.1) is 165 Å². The van der Waals surface area contributed by atoms with E-state index in [1.165, 1.54) is 0 Å². The first-order valence-corrected chi connectivity index (χ1v) is 19.1. The average Bonchev–Trinajstić information content (AvgIpc) is 3.21. The molecule has 0 aromatic heterocycles. The van der Waals surface area contributed by atoms with Gasteiger partial charge in [-0.3, -0.25) is 0 Å². The molecule has 0 fully saturated rings. The molecule has 0 saturated heterocycles. The van der Waals surface area contributed by atoms with Crippen LogP contribution in [0.3, 0.4) is 0 Å². The van der Waals surface area contributed by atoms with Crippen LogP contribution in [-0.4, -0.2) is 218 Å². The molecular weight excluding hydrogens is 939 g/mol. The lowest BCUT2D eigenvalue weighted by molar-refractivity contribution is -0.462. The van der Waals surface area contributed by atoms with Gasteiger partial charge >= 0.3 is 47.6 Å². The van der Waals surface area contributed by atoms with E-state index in [1.807, 2.05) is 0 Å². The minimum absolute atomic E-state index is 0.0300. The zero-order chi connectivity index (χ0) is 48.9. The molecule has 0 bridgehead atoms. The first-order valence-electron chi connectivity index (χ1n) is 19.1. The molecule has 0 saturated carbocycles. The Balaban J connectivity index is 3.85. The number of rotatable bonds is 44. The van der Waals surface area contributed by atoms with Crippen LogP contribution in [0.15, 0.2) is 0 Å². The van der Waals surface area contributed by atoms with Crippen LogP contribution in [0.4, 0.5) is 74.6 Å². The van der Waals surface area contributed by atoms with Gasteiger partial charge in [0.25, 0.3) is 0 Å². The smallest absolute Gasteiger partial charge is 0.394 e. The van der Waals surface area contributed by atoms with E-state index in [-0.39, 0.29) is 59.5 Å². The summed E-state index contributed by atoms with van der Waals surface area (Å²) in [6.07, 6.45) is -10.5. The number of ether oxygens (including phenoxy) is 12. The van der Waals surface area contributed by atoms with Gasteiger partial charge in [-0.15, -0.1) is 0 Å². The largest absolute Gasteiger partial charge is 0.460 e. The summed E-state index contributed by atoms with van der Waals surface area (Å²) >= 11 is 0. The summed E-state index contributed by atoms with van der Waals surface area (Å²) in [4.78, 5) is 0. The van der Waals surface area contributed by atoms with Crippen molar-refractivity contribution in [1.29, 1.82) is 0 Å². The number of hydrogen-bond donors (Lipinski definition) is 1. The lowest BCUT2D eigenvalue weighted by Crippen LogP contribution is -2.74. The Morgan fingerprint density at radius 2 is 0.391 bits per heavy atom. The molecule has 0 aromatic rings. The molecule has 0 heterocycles. The Morgan fingerprint density at radius 3 is 0.594 bits per heavy atom. The fraction of sp³-hybridized carbons (Fsp3) is 1.00. The van der Waals surface area contributed by atoms with Crippen LogP contribution in [-0.2, 0) is 56.8 Å². The Kier molecular flexibility index (Phi) is 30.5. The maximum absolute atomic E-state index is 13.9. The zero-order valence-corrected chi connectivity index (χ0v) is 34.2. The fourth-order valence-electron chi connectivity index (χ4n) is 4.14. The molecule has 0 radical (unpaired) electrons. The molecule has 0 spiro atoms. The summed E-state index contributed by atoms with van der Waals surface area (Å²) in [7, 11) is 0. The van der Waals surface area contributed by atoms with Crippen LogP contribution < -0.4 is 0 Å². The minimum atomic E-state index is -8.66. The highest BCUT2D eigenvalue weighted by atomic mass is 19.4. The van der Waals surface area contributed by atoms with Crippen molar-refractivity contribution in [2.45, 2.75) is 54.1 Å². The number of hydrogen-bond acceptors (Lipinski definition) is 13. The Labute approximate surface area is 356 Å². The van der Waals surface area contributed by atoms with Gasteiger partial charge in [-0.2, -0.15) is 74.6 Å². The highest BCUT2D eigenvalue weighted by Crippen LogP contribution is 2.64. The molecule has 0 aliphatic heterocycles. The molecule has 0 aliphatic rings. The molecule has 13 nitrogen and oxygen atoms in total. The molecule has 1 N–H and O–H groups in total. The average molecular weight is 993 g/mol. The van der Waals surface area contributed by atoms with E-state index in [9.17, 15) is 74.6 Å². The molecule has 0 atom stereocenters. The molecule has 64 heavy (non-hydrogen) atoms. The van der Waals surface area contributed by atoms with Gasteiger partial charge in [0, 0.05) is 6.42 Å². The van der Waals surface area contributed by atoms with Gasteiger partial charge in [-0.25, -0.2) is 0 Å². The molecule has 386 valence electrons. The normalized spacial score (nSPS) is 14.0. The van der Waals surface area contributed by atoms with E-state index in [0.717, 1.165) is 0 Å². The third-order valence-electron chi connectivity index (χ3n) is 7.68. The first kappa shape index (κ1) is 62.3. The van der Waals surface area contributed by atoms with Crippen molar-refractivity contribution in [1.82, 2.24) is 0 Å². The Morgan fingerprint density at radius 1 is 0.219 bits per heavy atom. The van der Waals surface area contributed by atoms with E-state index >= 15 is 0 Å². The molecule has 0 unspecified atom stereocenters.